The minimum atomic E-state index is 0.146. The molecule has 0 radical (unpaired) electrons. The van der Waals surface area contributed by atoms with Crippen LogP contribution in [0.4, 0.5) is 0 Å². The first-order chi connectivity index (χ1) is 9.13. The molecule has 0 spiro atoms. The fraction of sp³-hybridized carbons (Fsp3) is 0.562. The van der Waals surface area contributed by atoms with Crippen LogP contribution in [0.25, 0.3) is 0 Å². The molecule has 0 unspecified atom stereocenters. The Morgan fingerprint density at radius 2 is 1.95 bits per heavy atom. The van der Waals surface area contributed by atoms with E-state index in [1.807, 2.05) is 38.1 Å². The third kappa shape index (κ3) is 6.50. The molecule has 0 aliphatic carbocycles. The van der Waals surface area contributed by atoms with Gasteiger partial charge in [0.05, 0.1) is 12.6 Å². The van der Waals surface area contributed by atoms with Gasteiger partial charge in [-0.15, -0.1) is 0 Å². The van der Waals surface area contributed by atoms with E-state index in [9.17, 15) is 4.79 Å². The van der Waals surface area contributed by atoms with Gasteiger partial charge in [0, 0.05) is 12.2 Å². The van der Waals surface area contributed by atoms with Crippen molar-refractivity contribution in [2.75, 3.05) is 19.7 Å². The first-order valence-corrected chi connectivity index (χ1v) is 7.08. The van der Waals surface area contributed by atoms with Crippen LogP contribution < -0.4 is 5.32 Å². The van der Waals surface area contributed by atoms with Gasteiger partial charge in [-0.3, -0.25) is 4.79 Å². The highest BCUT2D eigenvalue weighted by molar-refractivity contribution is 5.97. The van der Waals surface area contributed by atoms with Gasteiger partial charge in [-0.05, 0) is 38.8 Å². The number of nitrogens with one attached hydrogen (secondary N) is 1. The van der Waals surface area contributed by atoms with Crippen LogP contribution in [0, 0.1) is 0 Å². The minimum Gasteiger partial charge on any atom is -0.379 e. The second-order valence-electron chi connectivity index (χ2n) is 4.92. The molecule has 3 nitrogen and oxygen atoms in total. The Bertz CT molecular complexity index is 371. The van der Waals surface area contributed by atoms with Crippen molar-refractivity contribution >= 4 is 5.78 Å². The normalized spacial score (nSPS) is 10.9. The topological polar surface area (TPSA) is 38.3 Å². The molecule has 0 saturated heterocycles. The molecule has 0 aliphatic rings. The van der Waals surface area contributed by atoms with Crippen molar-refractivity contribution in [3.05, 3.63) is 35.4 Å². The van der Waals surface area contributed by atoms with Crippen molar-refractivity contribution in [1.29, 1.82) is 0 Å². The number of ether oxygens (including phenoxy) is 1. The summed E-state index contributed by atoms with van der Waals surface area (Å²) in [5, 5.41) is 3.16. The summed E-state index contributed by atoms with van der Waals surface area (Å²) in [5.74, 6) is 0.146. The van der Waals surface area contributed by atoms with E-state index < -0.39 is 0 Å². The Labute approximate surface area is 116 Å². The zero-order valence-electron chi connectivity index (χ0n) is 12.2. The number of benzene rings is 1. The fourth-order valence-electron chi connectivity index (χ4n) is 1.75. The van der Waals surface area contributed by atoms with E-state index in [4.69, 9.17) is 4.74 Å². The number of aryl methyl sites for hydroxylation is 1. The average molecular weight is 263 g/mol. The lowest BCUT2D eigenvalue weighted by Gasteiger charge is -2.08. The first-order valence-electron chi connectivity index (χ1n) is 7.08. The molecule has 1 aromatic rings. The van der Waals surface area contributed by atoms with E-state index >= 15 is 0 Å². The van der Waals surface area contributed by atoms with Crippen molar-refractivity contribution in [3.63, 3.8) is 0 Å². The van der Waals surface area contributed by atoms with E-state index in [-0.39, 0.29) is 11.9 Å². The third-order valence-electron chi connectivity index (χ3n) is 2.92. The first kappa shape index (κ1) is 15.9. The van der Waals surface area contributed by atoms with E-state index in [1.54, 1.807) is 0 Å². The van der Waals surface area contributed by atoms with E-state index in [0.717, 1.165) is 31.6 Å². The van der Waals surface area contributed by atoms with Crippen LogP contribution in [-0.2, 0) is 11.2 Å². The molecule has 0 heterocycles. The molecule has 1 rings (SSSR count). The van der Waals surface area contributed by atoms with Crippen LogP contribution in [0.3, 0.4) is 0 Å². The molecule has 1 aromatic carbocycles. The Morgan fingerprint density at radius 1 is 1.26 bits per heavy atom. The number of hydrogen-bond acceptors (Lipinski definition) is 3. The van der Waals surface area contributed by atoms with Gasteiger partial charge in [0.25, 0.3) is 0 Å². The SMILES string of the molecule is CCc1ccc(C(=O)CNCCCOC(C)C)cc1. The number of carbonyl (C=O) groups excluding carboxylic acids is 1. The number of ketones is 1. The summed E-state index contributed by atoms with van der Waals surface area (Å²) in [6, 6.07) is 7.85. The largest absolute Gasteiger partial charge is 0.379 e. The highest BCUT2D eigenvalue weighted by atomic mass is 16.5. The predicted octanol–water partition coefficient (Wildman–Crippen LogP) is 2.84. The van der Waals surface area contributed by atoms with Gasteiger partial charge in [-0.25, -0.2) is 0 Å². The van der Waals surface area contributed by atoms with Gasteiger partial charge < -0.3 is 10.1 Å². The van der Waals surface area contributed by atoms with Crippen LogP contribution in [0.1, 0.15) is 43.1 Å². The van der Waals surface area contributed by atoms with Crippen LogP contribution in [-0.4, -0.2) is 31.6 Å². The number of Topliss-reactive ketones (excluding diaryl/α,β-unsaturated/α-hetero) is 1. The zero-order valence-corrected chi connectivity index (χ0v) is 12.2. The Morgan fingerprint density at radius 3 is 2.53 bits per heavy atom. The molecule has 106 valence electrons. The number of hydrogen-bond donors (Lipinski definition) is 1. The van der Waals surface area contributed by atoms with E-state index in [0.29, 0.717) is 6.54 Å². The van der Waals surface area contributed by atoms with Gasteiger partial charge in [-0.1, -0.05) is 31.2 Å². The van der Waals surface area contributed by atoms with Gasteiger partial charge in [-0.2, -0.15) is 0 Å². The molecule has 0 saturated carbocycles. The molecule has 0 fully saturated rings. The maximum absolute atomic E-state index is 11.9. The summed E-state index contributed by atoms with van der Waals surface area (Å²) in [6.45, 7) is 8.11. The highest BCUT2D eigenvalue weighted by Gasteiger charge is 2.04. The molecule has 1 N–H and O–H groups in total. The zero-order chi connectivity index (χ0) is 14.1. The molecular formula is C16H25NO2. The highest BCUT2D eigenvalue weighted by Crippen LogP contribution is 2.05. The van der Waals surface area contributed by atoms with Gasteiger partial charge in [0.15, 0.2) is 5.78 Å². The van der Waals surface area contributed by atoms with Gasteiger partial charge in [0.2, 0.25) is 0 Å². The molecule has 0 aromatic heterocycles. The van der Waals surface area contributed by atoms with E-state index in [2.05, 4.69) is 12.2 Å². The summed E-state index contributed by atoms with van der Waals surface area (Å²) >= 11 is 0. The smallest absolute Gasteiger partial charge is 0.176 e. The average Bonchev–Trinajstić information content (AvgIpc) is 2.42. The van der Waals surface area contributed by atoms with Crippen molar-refractivity contribution < 1.29 is 9.53 Å². The van der Waals surface area contributed by atoms with Crippen LogP contribution in [0.15, 0.2) is 24.3 Å². The maximum Gasteiger partial charge on any atom is 0.176 e. The molecule has 0 atom stereocenters. The second kappa shape index (κ2) is 8.83. The number of rotatable bonds is 9. The molecule has 3 heteroatoms. The summed E-state index contributed by atoms with van der Waals surface area (Å²) in [5.41, 5.74) is 2.04. The van der Waals surface area contributed by atoms with Crippen LogP contribution in [0.2, 0.25) is 0 Å². The molecule has 19 heavy (non-hydrogen) atoms. The summed E-state index contributed by atoms with van der Waals surface area (Å²) in [7, 11) is 0. The van der Waals surface area contributed by atoms with Crippen molar-refractivity contribution in [2.45, 2.75) is 39.7 Å². The molecule has 0 amide bonds. The summed E-state index contributed by atoms with van der Waals surface area (Å²) in [6.07, 6.45) is 2.21. The third-order valence-corrected chi connectivity index (χ3v) is 2.92. The lowest BCUT2D eigenvalue weighted by Crippen LogP contribution is -2.25. The van der Waals surface area contributed by atoms with Crippen molar-refractivity contribution in [3.8, 4) is 0 Å². The van der Waals surface area contributed by atoms with Crippen molar-refractivity contribution in [2.24, 2.45) is 0 Å². The lowest BCUT2D eigenvalue weighted by molar-refractivity contribution is 0.0767. The lowest BCUT2D eigenvalue weighted by atomic mass is 10.1. The minimum absolute atomic E-state index is 0.146. The summed E-state index contributed by atoms with van der Waals surface area (Å²) < 4.78 is 5.43. The van der Waals surface area contributed by atoms with Crippen LogP contribution in [0.5, 0.6) is 0 Å². The maximum atomic E-state index is 11.9. The predicted molar refractivity (Wildman–Crippen MR) is 78.7 cm³/mol. The Hall–Kier alpha value is -1.19. The monoisotopic (exact) mass is 263 g/mol. The molecular weight excluding hydrogens is 238 g/mol. The molecule has 0 bridgehead atoms. The number of carbonyl (C=O) groups is 1. The van der Waals surface area contributed by atoms with Crippen molar-refractivity contribution in [1.82, 2.24) is 5.32 Å². The van der Waals surface area contributed by atoms with Gasteiger partial charge >= 0.3 is 0 Å². The Balaban J connectivity index is 2.20. The second-order valence-corrected chi connectivity index (χ2v) is 4.92. The fourth-order valence-corrected chi connectivity index (χ4v) is 1.75. The molecule has 0 aliphatic heterocycles. The van der Waals surface area contributed by atoms with Gasteiger partial charge in [0.1, 0.15) is 0 Å². The van der Waals surface area contributed by atoms with Crippen LogP contribution >= 0.6 is 0 Å². The van der Waals surface area contributed by atoms with E-state index in [1.165, 1.54) is 5.56 Å². The quantitative estimate of drug-likeness (QED) is 0.550. The standard InChI is InChI=1S/C16H25NO2/c1-4-14-6-8-15(9-7-14)16(18)12-17-10-5-11-19-13(2)3/h6-9,13,17H,4-5,10-12H2,1-3H3. The Kier molecular flexibility index (Phi) is 7.38. The summed E-state index contributed by atoms with van der Waals surface area (Å²) in [4.78, 5) is 11.9.